The highest BCUT2D eigenvalue weighted by Crippen LogP contribution is 2.39. The average Bonchev–Trinajstić information content (AvgIpc) is 0.934. The number of hydrogen-bond donors (Lipinski definition) is 0. The van der Waals surface area contributed by atoms with Crippen LogP contribution in [0.4, 0.5) is 0 Å². The monoisotopic (exact) mass is 1180 g/mol. The molecule has 0 aliphatic rings. The van der Waals surface area contributed by atoms with Crippen LogP contribution in [0.3, 0.4) is 0 Å². The Bertz CT molecular complexity index is 4750. The maximum atomic E-state index is 4.90. The first kappa shape index (κ1) is 56.0. The van der Waals surface area contributed by atoms with Gasteiger partial charge < -0.3 is 0 Å². The highest BCUT2D eigenvalue weighted by molar-refractivity contribution is 6.02. The lowest BCUT2D eigenvalue weighted by Crippen LogP contribution is -2.00. The smallest absolute Gasteiger partial charge is 0.164 e. The second-order valence-electron chi connectivity index (χ2n) is 22.4. The van der Waals surface area contributed by atoms with Crippen molar-refractivity contribution in [1.29, 1.82) is 0 Å². The molecule has 4 aromatic heterocycles. The molecule has 92 heavy (non-hydrogen) atoms. The Labute approximate surface area is 533 Å². The van der Waals surface area contributed by atoms with Gasteiger partial charge in [-0.3, -0.25) is 9.97 Å². The lowest BCUT2D eigenvalue weighted by molar-refractivity contribution is 1.07. The summed E-state index contributed by atoms with van der Waals surface area (Å²) in [6.07, 6.45) is 7.36. The highest BCUT2D eigenvalue weighted by Gasteiger charge is 2.17. The van der Waals surface area contributed by atoms with E-state index in [0.717, 1.165) is 72.3 Å². The minimum atomic E-state index is 0.646. The van der Waals surface area contributed by atoms with Gasteiger partial charge in [-0.05, 0) is 131 Å². The van der Waals surface area contributed by atoms with Crippen LogP contribution in [0.15, 0.2) is 340 Å². The summed E-state index contributed by atoms with van der Waals surface area (Å²) >= 11 is 0. The van der Waals surface area contributed by atoms with Gasteiger partial charge in [-0.25, -0.2) is 29.9 Å². The lowest BCUT2D eigenvalue weighted by atomic mass is 9.92. The van der Waals surface area contributed by atoms with Crippen LogP contribution in [-0.4, -0.2) is 39.9 Å². The van der Waals surface area contributed by atoms with Gasteiger partial charge in [-0.15, -0.1) is 0 Å². The number of benzene rings is 12. The third-order valence-corrected chi connectivity index (χ3v) is 16.5. The van der Waals surface area contributed by atoms with Gasteiger partial charge in [0.1, 0.15) is 0 Å². The van der Waals surface area contributed by atoms with E-state index in [2.05, 4.69) is 186 Å². The van der Waals surface area contributed by atoms with Gasteiger partial charge in [0, 0.05) is 58.2 Å². The zero-order valence-corrected chi connectivity index (χ0v) is 49.9. The molecule has 16 rings (SSSR count). The van der Waals surface area contributed by atoms with Crippen LogP contribution in [0.5, 0.6) is 0 Å². The summed E-state index contributed by atoms with van der Waals surface area (Å²) in [5.41, 5.74) is 19.6. The number of aromatic nitrogens is 8. The highest BCUT2D eigenvalue weighted by atomic mass is 15.0. The summed E-state index contributed by atoms with van der Waals surface area (Å²) in [5, 5.41) is 4.86. The SMILES string of the molecule is c1ccc(-c2nc(-c3ccccc3)nc(-c3ccc(-c4cc(-c5ccc(-c6cccnc6)cc5)c5ccccc5c4)cc3)n2)cc1.c1ccc(-c2nc(-c3ccccc3)nc(-c3ccc(-c4cc(-c5ccc(-c6ccncc6)cc5)c5ccccc5c4)cc3)n2)cc1. The van der Waals surface area contributed by atoms with Crippen molar-refractivity contribution in [2.24, 2.45) is 0 Å². The van der Waals surface area contributed by atoms with Crippen LogP contribution in [0, 0.1) is 0 Å². The van der Waals surface area contributed by atoms with Crippen LogP contribution < -0.4 is 0 Å². The van der Waals surface area contributed by atoms with E-state index in [1.165, 1.54) is 49.4 Å². The quantitative estimate of drug-likeness (QED) is 0.119. The molecule has 4 heterocycles. The number of fused-ring (bicyclic) bond motifs is 2. The van der Waals surface area contributed by atoms with Gasteiger partial charge in [0.15, 0.2) is 34.9 Å². The number of pyridine rings is 2. The van der Waals surface area contributed by atoms with Crippen LogP contribution in [0.2, 0.25) is 0 Å². The first-order valence-electron chi connectivity index (χ1n) is 30.6. The summed E-state index contributed by atoms with van der Waals surface area (Å²) in [4.78, 5) is 37.7. The second-order valence-corrected chi connectivity index (χ2v) is 22.4. The Hall–Kier alpha value is -12.5. The lowest BCUT2D eigenvalue weighted by Gasteiger charge is -2.13. The zero-order chi connectivity index (χ0) is 61.4. The molecule has 0 spiro atoms. The molecule has 0 unspecified atom stereocenters. The van der Waals surface area contributed by atoms with Crippen molar-refractivity contribution < 1.29 is 0 Å². The molecule has 16 aromatic rings. The Morgan fingerprint density at radius 2 is 0.435 bits per heavy atom. The number of nitrogens with zero attached hydrogens (tertiary/aromatic N) is 8. The molecule has 8 nitrogen and oxygen atoms in total. The standard InChI is InChI=1S/2C42H28N4/c1-3-10-32(11-4-1)40-44-41(33-12-5-2-6-13-33)46-42(45-40)34-23-19-30(20-24-34)37-26-35-14-7-8-16-38(35)39(27-37)31-21-17-29(18-22-31)36-15-9-25-43-28-36;1-3-9-33(10-4-1)40-44-41(34-11-5-2-6-12-34)46-42(45-40)35-21-17-30(18-22-35)37-27-36-13-7-8-14-38(36)39(28-37)32-19-15-29(16-20-32)31-23-25-43-26-24-31/h2*1-28H. The molecule has 0 bridgehead atoms. The normalized spacial score (nSPS) is 11.0. The van der Waals surface area contributed by atoms with Crippen molar-refractivity contribution in [2.75, 3.05) is 0 Å². The van der Waals surface area contributed by atoms with Crippen molar-refractivity contribution in [1.82, 2.24) is 39.9 Å². The topological polar surface area (TPSA) is 103 Å². The fourth-order valence-corrected chi connectivity index (χ4v) is 11.7. The minimum Gasteiger partial charge on any atom is -0.265 e. The Kier molecular flexibility index (Phi) is 15.6. The van der Waals surface area contributed by atoms with Crippen LogP contribution in [0.1, 0.15) is 0 Å². The molecule has 0 aliphatic carbocycles. The van der Waals surface area contributed by atoms with E-state index in [9.17, 15) is 0 Å². The molecule has 8 heteroatoms. The molecule has 0 saturated carbocycles. The third kappa shape index (κ3) is 12.1. The van der Waals surface area contributed by atoms with Crippen molar-refractivity contribution in [3.05, 3.63) is 340 Å². The summed E-state index contributed by atoms with van der Waals surface area (Å²) < 4.78 is 0. The molecule has 0 N–H and O–H groups in total. The van der Waals surface area contributed by atoms with Gasteiger partial charge in [-0.2, -0.15) is 0 Å². The first-order chi connectivity index (χ1) is 45.6. The van der Waals surface area contributed by atoms with E-state index in [1.807, 2.05) is 158 Å². The van der Waals surface area contributed by atoms with E-state index in [1.54, 1.807) is 6.20 Å². The fraction of sp³-hybridized carbons (Fsp3) is 0. The summed E-state index contributed by atoms with van der Waals surface area (Å²) in [6.45, 7) is 0. The van der Waals surface area contributed by atoms with E-state index < -0.39 is 0 Å². The molecular formula is C84H56N8. The average molecular weight is 1180 g/mol. The van der Waals surface area contributed by atoms with Gasteiger partial charge in [0.2, 0.25) is 0 Å². The molecule has 0 aliphatic heterocycles. The maximum Gasteiger partial charge on any atom is 0.164 e. The molecule has 0 amide bonds. The van der Waals surface area contributed by atoms with Gasteiger partial charge in [0.25, 0.3) is 0 Å². The van der Waals surface area contributed by atoms with Crippen molar-refractivity contribution >= 4 is 21.5 Å². The van der Waals surface area contributed by atoms with E-state index in [4.69, 9.17) is 29.9 Å². The Morgan fingerprint density at radius 3 is 0.783 bits per heavy atom. The molecule has 0 saturated heterocycles. The van der Waals surface area contributed by atoms with E-state index in [0.29, 0.717) is 34.9 Å². The predicted octanol–water partition coefficient (Wildman–Crippen LogP) is 20.8. The van der Waals surface area contributed by atoms with Crippen molar-refractivity contribution in [3.63, 3.8) is 0 Å². The Balaban J connectivity index is 0.000000153. The van der Waals surface area contributed by atoms with Crippen LogP contribution >= 0.6 is 0 Å². The number of rotatable bonds is 12. The molecule has 432 valence electrons. The third-order valence-electron chi connectivity index (χ3n) is 16.5. The molecular weight excluding hydrogens is 1120 g/mol. The maximum absolute atomic E-state index is 4.90. The molecule has 0 radical (unpaired) electrons. The van der Waals surface area contributed by atoms with Gasteiger partial charge in [-0.1, -0.05) is 273 Å². The molecule has 0 fully saturated rings. The fourth-order valence-electron chi connectivity index (χ4n) is 11.7. The largest absolute Gasteiger partial charge is 0.265 e. The van der Waals surface area contributed by atoms with Crippen LogP contribution in [0.25, 0.3) is 157 Å². The van der Waals surface area contributed by atoms with Gasteiger partial charge in [0.05, 0.1) is 0 Å². The first-order valence-corrected chi connectivity index (χ1v) is 30.6. The van der Waals surface area contributed by atoms with E-state index >= 15 is 0 Å². The van der Waals surface area contributed by atoms with E-state index in [-0.39, 0.29) is 0 Å². The summed E-state index contributed by atoms with van der Waals surface area (Å²) in [6, 6.07) is 109. The molecule has 12 aromatic carbocycles. The summed E-state index contributed by atoms with van der Waals surface area (Å²) in [7, 11) is 0. The van der Waals surface area contributed by atoms with Crippen molar-refractivity contribution in [2.45, 2.75) is 0 Å². The van der Waals surface area contributed by atoms with Crippen molar-refractivity contribution in [3.8, 4) is 135 Å². The predicted molar refractivity (Wildman–Crippen MR) is 375 cm³/mol. The number of hydrogen-bond acceptors (Lipinski definition) is 8. The second kappa shape index (κ2) is 25.7. The summed E-state index contributed by atoms with van der Waals surface area (Å²) in [5.74, 6) is 3.91. The van der Waals surface area contributed by atoms with Crippen LogP contribution in [-0.2, 0) is 0 Å². The Morgan fingerprint density at radius 1 is 0.163 bits per heavy atom. The van der Waals surface area contributed by atoms with Gasteiger partial charge >= 0.3 is 0 Å². The minimum absolute atomic E-state index is 0.646. The zero-order valence-electron chi connectivity index (χ0n) is 49.9. The molecule has 0 atom stereocenters.